The Morgan fingerprint density at radius 2 is 1.70 bits per heavy atom. The molecular weight excluding hydrogens is 286 g/mol. The molecule has 0 saturated carbocycles. The maximum atomic E-state index is 12.5. The average Bonchev–Trinajstić information content (AvgIpc) is 2.59. The van der Waals surface area contributed by atoms with E-state index in [2.05, 4.69) is 5.32 Å². The monoisotopic (exact) mass is 305 g/mol. The van der Waals surface area contributed by atoms with Crippen LogP contribution < -0.4 is 5.32 Å². The number of benzene rings is 3. The van der Waals surface area contributed by atoms with E-state index < -0.39 is 6.04 Å². The molecule has 3 aromatic rings. The van der Waals surface area contributed by atoms with Gasteiger partial charge in [0.1, 0.15) is 0 Å². The molecule has 3 rings (SSSR count). The van der Waals surface area contributed by atoms with E-state index in [0.717, 1.165) is 21.9 Å². The van der Waals surface area contributed by atoms with Gasteiger partial charge in [-0.25, -0.2) is 0 Å². The fourth-order valence-corrected chi connectivity index (χ4v) is 2.84. The molecule has 1 unspecified atom stereocenters. The highest BCUT2D eigenvalue weighted by Crippen LogP contribution is 2.24. The minimum Gasteiger partial charge on any atom is -0.394 e. The molecule has 0 saturated heterocycles. The van der Waals surface area contributed by atoms with Crippen LogP contribution >= 0.6 is 0 Å². The minimum absolute atomic E-state index is 0.147. The second kappa shape index (κ2) is 6.63. The van der Waals surface area contributed by atoms with Gasteiger partial charge in [-0.15, -0.1) is 0 Å². The summed E-state index contributed by atoms with van der Waals surface area (Å²) < 4.78 is 0. The highest BCUT2D eigenvalue weighted by atomic mass is 16.3. The van der Waals surface area contributed by atoms with Crippen LogP contribution in [-0.2, 0) is 0 Å². The molecule has 0 aliphatic carbocycles. The van der Waals surface area contributed by atoms with Gasteiger partial charge in [0, 0.05) is 5.56 Å². The normalized spacial score (nSPS) is 12.1. The number of aliphatic hydroxyl groups excluding tert-OH is 1. The van der Waals surface area contributed by atoms with E-state index >= 15 is 0 Å². The van der Waals surface area contributed by atoms with Crippen molar-refractivity contribution < 1.29 is 9.90 Å². The molecule has 2 N–H and O–H groups in total. The van der Waals surface area contributed by atoms with E-state index in [4.69, 9.17) is 0 Å². The zero-order valence-corrected chi connectivity index (χ0v) is 13.0. The number of aryl methyl sites for hydroxylation is 1. The van der Waals surface area contributed by atoms with Crippen LogP contribution in [-0.4, -0.2) is 17.6 Å². The van der Waals surface area contributed by atoms with E-state index in [9.17, 15) is 9.90 Å². The molecule has 1 atom stereocenters. The van der Waals surface area contributed by atoms with Crippen LogP contribution in [0.2, 0.25) is 0 Å². The van der Waals surface area contributed by atoms with E-state index in [1.54, 1.807) is 6.07 Å². The second-order valence-corrected chi connectivity index (χ2v) is 5.59. The smallest absolute Gasteiger partial charge is 0.252 e. The predicted molar refractivity (Wildman–Crippen MR) is 92.4 cm³/mol. The van der Waals surface area contributed by atoms with Crippen LogP contribution in [0, 0.1) is 6.92 Å². The summed E-state index contributed by atoms with van der Waals surface area (Å²) >= 11 is 0. The summed E-state index contributed by atoms with van der Waals surface area (Å²) in [6.45, 7) is 1.76. The number of fused-ring (bicyclic) bond motifs is 1. The maximum Gasteiger partial charge on any atom is 0.252 e. The lowest BCUT2D eigenvalue weighted by Gasteiger charge is -2.19. The number of nitrogens with one attached hydrogen (secondary N) is 1. The van der Waals surface area contributed by atoms with E-state index in [1.165, 1.54) is 0 Å². The highest BCUT2D eigenvalue weighted by Gasteiger charge is 2.17. The van der Waals surface area contributed by atoms with Gasteiger partial charge in [-0.1, -0.05) is 60.7 Å². The molecule has 0 aromatic heterocycles. The summed E-state index contributed by atoms with van der Waals surface area (Å²) in [5, 5.41) is 14.9. The van der Waals surface area contributed by atoms with Crippen LogP contribution in [0.5, 0.6) is 0 Å². The highest BCUT2D eigenvalue weighted by molar-refractivity contribution is 5.96. The first-order valence-corrected chi connectivity index (χ1v) is 7.65. The van der Waals surface area contributed by atoms with E-state index in [1.807, 2.05) is 67.6 Å². The summed E-state index contributed by atoms with van der Waals surface area (Å²) in [4.78, 5) is 12.5. The first-order chi connectivity index (χ1) is 11.2. The van der Waals surface area contributed by atoms with Crippen molar-refractivity contribution in [3.8, 4) is 0 Å². The molecule has 0 radical (unpaired) electrons. The fourth-order valence-electron chi connectivity index (χ4n) is 2.84. The molecule has 3 heteroatoms. The van der Waals surface area contributed by atoms with E-state index in [0.29, 0.717) is 5.56 Å². The van der Waals surface area contributed by atoms with Crippen molar-refractivity contribution >= 4 is 16.7 Å². The van der Waals surface area contributed by atoms with Gasteiger partial charge in [0.25, 0.3) is 5.91 Å². The lowest BCUT2D eigenvalue weighted by molar-refractivity contribution is 0.0916. The van der Waals surface area contributed by atoms with E-state index in [-0.39, 0.29) is 12.5 Å². The lowest BCUT2D eigenvalue weighted by Crippen LogP contribution is -2.31. The third-order valence-corrected chi connectivity index (χ3v) is 4.08. The quantitative estimate of drug-likeness (QED) is 0.773. The molecule has 0 spiro atoms. The Balaban J connectivity index is 1.94. The zero-order valence-electron chi connectivity index (χ0n) is 13.0. The number of carbonyl (C=O) groups is 1. The average molecular weight is 305 g/mol. The van der Waals surface area contributed by atoms with Crippen molar-refractivity contribution in [2.24, 2.45) is 0 Å². The molecule has 116 valence electrons. The standard InChI is InChI=1S/C20H19NO2/c1-14-7-2-4-10-16(14)20(23)21-19(13-22)18-12-6-9-15-8-3-5-11-17(15)18/h2-12,19,22H,13H2,1H3,(H,21,23). The number of hydrogen-bond acceptors (Lipinski definition) is 2. The van der Waals surface area contributed by atoms with Crippen molar-refractivity contribution in [1.29, 1.82) is 0 Å². The molecule has 3 nitrogen and oxygen atoms in total. The van der Waals surface area contributed by atoms with Gasteiger partial charge in [0.15, 0.2) is 0 Å². The molecule has 0 heterocycles. The number of amides is 1. The van der Waals surface area contributed by atoms with Gasteiger partial charge in [0.05, 0.1) is 12.6 Å². The van der Waals surface area contributed by atoms with Gasteiger partial charge < -0.3 is 10.4 Å². The molecule has 0 aliphatic rings. The Kier molecular flexibility index (Phi) is 4.40. The van der Waals surface area contributed by atoms with Crippen LogP contribution in [0.4, 0.5) is 0 Å². The Hall–Kier alpha value is -2.65. The summed E-state index contributed by atoms with van der Waals surface area (Å²) in [7, 11) is 0. The molecule has 0 aliphatic heterocycles. The van der Waals surface area contributed by atoms with Crippen molar-refractivity contribution in [2.75, 3.05) is 6.61 Å². The van der Waals surface area contributed by atoms with Crippen molar-refractivity contribution in [1.82, 2.24) is 5.32 Å². The van der Waals surface area contributed by atoms with Crippen LogP contribution in [0.25, 0.3) is 10.8 Å². The molecule has 3 aromatic carbocycles. The topological polar surface area (TPSA) is 49.3 Å². The Morgan fingerprint density at radius 3 is 2.48 bits per heavy atom. The molecule has 0 fully saturated rings. The van der Waals surface area contributed by atoms with Gasteiger partial charge in [0.2, 0.25) is 0 Å². The Bertz CT molecular complexity index is 836. The Labute approximate surface area is 135 Å². The van der Waals surface area contributed by atoms with Gasteiger partial charge in [-0.3, -0.25) is 4.79 Å². The third-order valence-electron chi connectivity index (χ3n) is 4.08. The molecule has 23 heavy (non-hydrogen) atoms. The SMILES string of the molecule is Cc1ccccc1C(=O)NC(CO)c1cccc2ccccc12. The number of aliphatic hydroxyl groups is 1. The minimum atomic E-state index is -0.437. The molecule has 0 bridgehead atoms. The van der Waals surface area contributed by atoms with Gasteiger partial charge in [-0.2, -0.15) is 0 Å². The zero-order chi connectivity index (χ0) is 16.2. The summed E-state index contributed by atoms with van der Waals surface area (Å²) in [5.41, 5.74) is 2.47. The third kappa shape index (κ3) is 3.10. The first-order valence-electron chi connectivity index (χ1n) is 7.65. The second-order valence-electron chi connectivity index (χ2n) is 5.59. The number of hydrogen-bond donors (Lipinski definition) is 2. The lowest BCUT2D eigenvalue weighted by atomic mass is 9.98. The van der Waals surface area contributed by atoms with Crippen LogP contribution in [0.1, 0.15) is 27.5 Å². The molecular formula is C20H19NO2. The van der Waals surface area contributed by atoms with Crippen molar-refractivity contribution in [3.05, 3.63) is 83.4 Å². The number of rotatable bonds is 4. The van der Waals surface area contributed by atoms with Crippen LogP contribution in [0.3, 0.4) is 0 Å². The summed E-state index contributed by atoms with van der Waals surface area (Å²) in [6, 6.07) is 20.9. The largest absolute Gasteiger partial charge is 0.394 e. The van der Waals surface area contributed by atoms with Crippen LogP contribution in [0.15, 0.2) is 66.7 Å². The van der Waals surface area contributed by atoms with Crippen molar-refractivity contribution in [3.63, 3.8) is 0 Å². The maximum absolute atomic E-state index is 12.5. The molecule has 1 amide bonds. The summed E-state index contributed by atoms with van der Waals surface area (Å²) in [5.74, 6) is -0.171. The Morgan fingerprint density at radius 1 is 1.00 bits per heavy atom. The van der Waals surface area contributed by atoms with Gasteiger partial charge in [-0.05, 0) is 34.9 Å². The van der Waals surface area contributed by atoms with Gasteiger partial charge >= 0.3 is 0 Å². The number of carbonyl (C=O) groups excluding carboxylic acids is 1. The first kappa shape index (κ1) is 15.3. The predicted octanol–water partition coefficient (Wildman–Crippen LogP) is 3.61. The fraction of sp³-hybridized carbons (Fsp3) is 0.150. The van der Waals surface area contributed by atoms with Crippen molar-refractivity contribution in [2.45, 2.75) is 13.0 Å². The summed E-state index contributed by atoms with van der Waals surface area (Å²) in [6.07, 6.45) is 0.